The molecule has 3 rings (SSSR count). The zero-order valence-corrected chi connectivity index (χ0v) is 12.4. The Hall–Kier alpha value is -2.48. The normalized spacial score (nSPS) is 17.4. The zero-order valence-electron chi connectivity index (χ0n) is 12.4. The summed E-state index contributed by atoms with van der Waals surface area (Å²) in [7, 11) is 1.62. The summed E-state index contributed by atoms with van der Waals surface area (Å²) < 4.78 is 28.2. The highest BCUT2D eigenvalue weighted by Crippen LogP contribution is 2.27. The van der Waals surface area contributed by atoms with E-state index < -0.39 is 23.3 Å². The Morgan fingerprint density at radius 3 is 2.96 bits per heavy atom. The summed E-state index contributed by atoms with van der Waals surface area (Å²) in [5, 5.41) is 19.1. The van der Waals surface area contributed by atoms with E-state index in [1.54, 1.807) is 13.1 Å². The third-order valence-electron chi connectivity index (χ3n) is 3.86. The molecule has 1 saturated heterocycles. The highest BCUT2D eigenvalue weighted by molar-refractivity contribution is 6.03. The van der Waals surface area contributed by atoms with E-state index in [2.05, 4.69) is 15.7 Å². The van der Waals surface area contributed by atoms with E-state index in [1.807, 2.05) is 0 Å². The number of rotatable bonds is 3. The highest BCUT2D eigenvalue weighted by Gasteiger charge is 2.23. The minimum Gasteiger partial charge on any atom is -0.503 e. The summed E-state index contributed by atoms with van der Waals surface area (Å²) in [5.74, 6) is -4.01. The Morgan fingerprint density at radius 2 is 2.26 bits per heavy atom. The summed E-state index contributed by atoms with van der Waals surface area (Å²) in [6.07, 6.45) is 1.99. The van der Waals surface area contributed by atoms with Crippen molar-refractivity contribution in [3.63, 3.8) is 0 Å². The number of amides is 1. The average Bonchev–Trinajstić information content (AvgIpc) is 3.17. The first-order valence-corrected chi connectivity index (χ1v) is 7.23. The number of halogens is 2. The lowest BCUT2D eigenvalue weighted by molar-refractivity contribution is 0.101. The molecule has 1 fully saturated rings. The van der Waals surface area contributed by atoms with Crippen molar-refractivity contribution in [3.05, 3.63) is 41.2 Å². The number of anilines is 1. The molecular weight excluding hydrogens is 306 g/mol. The van der Waals surface area contributed by atoms with E-state index in [-0.39, 0.29) is 17.4 Å². The molecule has 1 atom stereocenters. The third-order valence-corrected chi connectivity index (χ3v) is 3.86. The Bertz CT molecular complexity index is 754. The number of aromatic hydroxyl groups is 1. The number of carbonyl (C=O) groups excluding carboxylic acids is 1. The molecule has 1 aromatic carbocycles. The molecule has 0 saturated carbocycles. The van der Waals surface area contributed by atoms with Crippen LogP contribution >= 0.6 is 0 Å². The number of aryl methyl sites for hydroxylation is 1. The van der Waals surface area contributed by atoms with Crippen molar-refractivity contribution in [3.8, 4) is 5.75 Å². The van der Waals surface area contributed by atoms with Crippen LogP contribution in [0.2, 0.25) is 0 Å². The molecule has 1 amide bonds. The van der Waals surface area contributed by atoms with E-state index >= 15 is 0 Å². The predicted octanol–water partition coefficient (Wildman–Crippen LogP) is 2.08. The van der Waals surface area contributed by atoms with Crippen LogP contribution in [0, 0.1) is 11.6 Å². The molecule has 1 aliphatic heterocycles. The van der Waals surface area contributed by atoms with Gasteiger partial charge in [-0.2, -0.15) is 5.10 Å². The second-order valence-electron chi connectivity index (χ2n) is 5.44. The molecule has 2 heterocycles. The third kappa shape index (κ3) is 2.89. The molecule has 8 heteroatoms. The Morgan fingerprint density at radius 1 is 1.48 bits per heavy atom. The quantitative estimate of drug-likeness (QED) is 0.808. The van der Waals surface area contributed by atoms with Gasteiger partial charge in [0.15, 0.2) is 17.4 Å². The van der Waals surface area contributed by atoms with Crippen molar-refractivity contribution in [2.75, 3.05) is 11.9 Å². The number of hydrogen-bond acceptors (Lipinski definition) is 4. The lowest BCUT2D eigenvalue weighted by Gasteiger charge is -2.07. The van der Waals surface area contributed by atoms with Gasteiger partial charge in [0.25, 0.3) is 5.91 Å². The van der Waals surface area contributed by atoms with Crippen molar-refractivity contribution in [1.29, 1.82) is 0 Å². The lowest BCUT2D eigenvalue weighted by atomic mass is 10.1. The Balaban J connectivity index is 1.82. The van der Waals surface area contributed by atoms with Crippen molar-refractivity contribution in [2.24, 2.45) is 7.05 Å². The van der Waals surface area contributed by atoms with Crippen LogP contribution < -0.4 is 10.6 Å². The summed E-state index contributed by atoms with van der Waals surface area (Å²) in [5.41, 5.74) is 0.699. The number of nitrogens with one attached hydrogen (secondary N) is 2. The molecule has 122 valence electrons. The van der Waals surface area contributed by atoms with Crippen LogP contribution in [0.4, 0.5) is 14.5 Å². The van der Waals surface area contributed by atoms with Crippen molar-refractivity contribution >= 4 is 11.6 Å². The van der Waals surface area contributed by atoms with Gasteiger partial charge < -0.3 is 15.7 Å². The van der Waals surface area contributed by atoms with Crippen molar-refractivity contribution in [2.45, 2.75) is 18.9 Å². The fraction of sp³-hybridized carbons (Fsp3) is 0.333. The zero-order chi connectivity index (χ0) is 16.6. The van der Waals surface area contributed by atoms with Gasteiger partial charge in [0.1, 0.15) is 5.69 Å². The Kier molecular flexibility index (Phi) is 3.99. The fourth-order valence-electron chi connectivity index (χ4n) is 2.63. The van der Waals surface area contributed by atoms with E-state index in [0.29, 0.717) is 0 Å². The molecular formula is C15H16F2N4O2. The van der Waals surface area contributed by atoms with Crippen LogP contribution in [0.3, 0.4) is 0 Å². The van der Waals surface area contributed by atoms with Crippen LogP contribution in [-0.2, 0) is 7.05 Å². The van der Waals surface area contributed by atoms with Crippen LogP contribution in [0.5, 0.6) is 5.75 Å². The first-order chi connectivity index (χ1) is 11.0. The number of phenolic OH excluding ortho intramolecular Hbond substituents is 1. The first kappa shape index (κ1) is 15.4. The number of carbonyl (C=O) groups is 1. The molecule has 1 unspecified atom stereocenters. The van der Waals surface area contributed by atoms with Crippen LogP contribution in [0.15, 0.2) is 18.2 Å². The summed E-state index contributed by atoms with van der Waals surface area (Å²) in [4.78, 5) is 12.3. The van der Waals surface area contributed by atoms with Gasteiger partial charge in [-0.15, -0.1) is 0 Å². The van der Waals surface area contributed by atoms with E-state index in [1.165, 1.54) is 4.68 Å². The molecule has 0 bridgehead atoms. The minimum absolute atomic E-state index is 0.106. The number of nitrogens with zero attached hydrogens (tertiary/aromatic N) is 2. The summed E-state index contributed by atoms with van der Waals surface area (Å²) >= 11 is 0. The number of benzene rings is 1. The molecule has 2 aromatic rings. The minimum atomic E-state index is -1.21. The average molecular weight is 322 g/mol. The predicted molar refractivity (Wildman–Crippen MR) is 79.2 cm³/mol. The molecule has 0 spiro atoms. The summed E-state index contributed by atoms with van der Waals surface area (Å²) in [6, 6.07) is 3.68. The second kappa shape index (κ2) is 5.96. The van der Waals surface area contributed by atoms with Crippen LogP contribution in [0.1, 0.15) is 35.1 Å². The second-order valence-corrected chi connectivity index (χ2v) is 5.44. The molecule has 1 aliphatic rings. The molecule has 6 nitrogen and oxygen atoms in total. The fourth-order valence-corrected chi connectivity index (χ4v) is 2.63. The topological polar surface area (TPSA) is 79.2 Å². The van der Waals surface area contributed by atoms with E-state index in [0.717, 1.165) is 37.2 Å². The molecule has 0 aliphatic carbocycles. The largest absolute Gasteiger partial charge is 0.503 e. The Labute approximate surface area is 131 Å². The molecule has 0 radical (unpaired) electrons. The molecule has 1 aromatic heterocycles. The van der Waals surface area contributed by atoms with Crippen molar-refractivity contribution < 1.29 is 18.7 Å². The standard InChI is InChI=1S/C15H16F2N4O2/c1-21-12(7-11(20-21)9-3-2-6-18-9)15(23)19-10-5-4-8(16)14(22)13(10)17/h4-5,7,9,18,22H,2-3,6H2,1H3,(H,19,23). The van der Waals surface area contributed by atoms with Crippen LogP contribution in [0.25, 0.3) is 0 Å². The maximum Gasteiger partial charge on any atom is 0.274 e. The SMILES string of the molecule is Cn1nc(C2CCCN2)cc1C(=O)Nc1ccc(F)c(O)c1F. The van der Waals surface area contributed by atoms with E-state index in [9.17, 15) is 18.7 Å². The van der Waals surface area contributed by atoms with E-state index in [4.69, 9.17) is 0 Å². The van der Waals surface area contributed by atoms with Gasteiger partial charge in [-0.25, -0.2) is 8.78 Å². The highest BCUT2D eigenvalue weighted by atomic mass is 19.1. The maximum atomic E-state index is 13.8. The first-order valence-electron chi connectivity index (χ1n) is 7.23. The molecule has 3 N–H and O–H groups in total. The molecule has 23 heavy (non-hydrogen) atoms. The lowest BCUT2D eigenvalue weighted by Crippen LogP contribution is -2.17. The number of aromatic nitrogens is 2. The summed E-state index contributed by atoms with van der Waals surface area (Å²) in [6.45, 7) is 0.906. The van der Waals surface area contributed by atoms with Gasteiger partial charge in [-0.05, 0) is 37.6 Å². The van der Waals surface area contributed by atoms with Gasteiger partial charge in [0.2, 0.25) is 0 Å². The van der Waals surface area contributed by atoms with Crippen molar-refractivity contribution in [1.82, 2.24) is 15.1 Å². The van der Waals surface area contributed by atoms with Gasteiger partial charge in [-0.1, -0.05) is 0 Å². The van der Waals surface area contributed by atoms with Gasteiger partial charge in [-0.3, -0.25) is 9.48 Å². The van der Waals surface area contributed by atoms with Gasteiger partial charge in [0, 0.05) is 7.05 Å². The maximum absolute atomic E-state index is 13.8. The van der Waals surface area contributed by atoms with Gasteiger partial charge in [0.05, 0.1) is 17.4 Å². The number of hydrogen-bond donors (Lipinski definition) is 3. The smallest absolute Gasteiger partial charge is 0.274 e. The monoisotopic (exact) mass is 322 g/mol. The number of phenols is 1. The van der Waals surface area contributed by atoms with Crippen LogP contribution in [-0.4, -0.2) is 27.3 Å². The van der Waals surface area contributed by atoms with Gasteiger partial charge >= 0.3 is 0 Å².